The van der Waals surface area contributed by atoms with Crippen LogP contribution in [0.4, 0.5) is 4.39 Å². The number of amides is 1. The highest BCUT2D eigenvalue weighted by Crippen LogP contribution is 2.17. The van der Waals surface area contributed by atoms with Crippen molar-refractivity contribution in [3.63, 3.8) is 0 Å². The predicted molar refractivity (Wildman–Crippen MR) is 75.5 cm³/mol. The highest BCUT2D eigenvalue weighted by Gasteiger charge is 2.28. The lowest BCUT2D eigenvalue weighted by molar-refractivity contribution is -0.144. The summed E-state index contributed by atoms with van der Waals surface area (Å²) in [5, 5.41) is 11.5. The summed E-state index contributed by atoms with van der Waals surface area (Å²) in [7, 11) is 0. The topological polar surface area (TPSA) is 75.6 Å². The van der Waals surface area contributed by atoms with E-state index < -0.39 is 29.8 Å². The van der Waals surface area contributed by atoms with Crippen LogP contribution in [0, 0.1) is 11.7 Å². The molecule has 0 spiro atoms. The van der Waals surface area contributed by atoms with E-state index in [1.807, 2.05) is 6.92 Å². The van der Waals surface area contributed by atoms with Crippen molar-refractivity contribution >= 4 is 11.9 Å². The third-order valence-corrected chi connectivity index (χ3v) is 3.29. The number of rotatable bonds is 7. The number of hydrogen-bond donors (Lipinski definition) is 2. The van der Waals surface area contributed by atoms with Gasteiger partial charge in [0.1, 0.15) is 6.04 Å². The Labute approximate surface area is 123 Å². The van der Waals surface area contributed by atoms with Gasteiger partial charge in [0.25, 0.3) is 5.91 Å². The molecule has 2 unspecified atom stereocenters. The van der Waals surface area contributed by atoms with Gasteiger partial charge < -0.3 is 15.2 Å². The SMILES string of the molecule is CCC(C)[C@H](NC(=O)C(C)Oc1ccccc1F)C(=O)O. The summed E-state index contributed by atoms with van der Waals surface area (Å²) in [5.41, 5.74) is 0. The molecule has 0 radical (unpaired) electrons. The van der Waals surface area contributed by atoms with Crippen LogP contribution in [0.2, 0.25) is 0 Å². The average Bonchev–Trinajstić information content (AvgIpc) is 2.45. The van der Waals surface area contributed by atoms with E-state index in [1.54, 1.807) is 13.0 Å². The Morgan fingerprint density at radius 2 is 1.95 bits per heavy atom. The van der Waals surface area contributed by atoms with Crippen LogP contribution in [0.15, 0.2) is 24.3 Å². The normalized spacial score (nSPS) is 14.9. The lowest BCUT2D eigenvalue weighted by Gasteiger charge is -2.22. The molecule has 0 aromatic heterocycles. The van der Waals surface area contributed by atoms with Crippen LogP contribution in [-0.4, -0.2) is 29.1 Å². The maximum Gasteiger partial charge on any atom is 0.326 e. The molecule has 5 nitrogen and oxygen atoms in total. The van der Waals surface area contributed by atoms with Crippen LogP contribution in [0.25, 0.3) is 0 Å². The fourth-order valence-corrected chi connectivity index (χ4v) is 1.74. The minimum atomic E-state index is -1.10. The standard InChI is InChI=1S/C15H20FNO4/c1-4-9(2)13(15(19)20)17-14(18)10(3)21-12-8-6-5-7-11(12)16/h5-10,13H,4H2,1-3H3,(H,17,18)(H,19,20)/t9?,10?,13-/m0/s1. The Morgan fingerprint density at radius 3 is 2.48 bits per heavy atom. The number of para-hydroxylation sites is 1. The van der Waals surface area contributed by atoms with Crippen LogP contribution in [0.3, 0.4) is 0 Å². The van der Waals surface area contributed by atoms with E-state index in [9.17, 15) is 14.0 Å². The second kappa shape index (κ2) is 7.61. The van der Waals surface area contributed by atoms with Crippen molar-refractivity contribution in [3.8, 4) is 5.75 Å². The molecule has 0 bridgehead atoms. The minimum absolute atomic E-state index is 0.0458. The van der Waals surface area contributed by atoms with Crippen molar-refractivity contribution < 1.29 is 23.8 Å². The van der Waals surface area contributed by atoms with Crippen molar-refractivity contribution in [1.82, 2.24) is 5.32 Å². The first-order chi connectivity index (χ1) is 9.86. The monoisotopic (exact) mass is 297 g/mol. The van der Waals surface area contributed by atoms with Crippen molar-refractivity contribution in [2.24, 2.45) is 5.92 Å². The molecule has 21 heavy (non-hydrogen) atoms. The van der Waals surface area contributed by atoms with Crippen LogP contribution < -0.4 is 10.1 Å². The van der Waals surface area contributed by atoms with Crippen molar-refractivity contribution in [2.45, 2.75) is 39.3 Å². The molecule has 6 heteroatoms. The largest absolute Gasteiger partial charge is 0.480 e. The van der Waals surface area contributed by atoms with E-state index in [-0.39, 0.29) is 11.7 Å². The highest BCUT2D eigenvalue weighted by atomic mass is 19.1. The second-order valence-corrected chi connectivity index (χ2v) is 4.90. The summed E-state index contributed by atoms with van der Waals surface area (Å²) < 4.78 is 18.7. The highest BCUT2D eigenvalue weighted by molar-refractivity contribution is 5.86. The second-order valence-electron chi connectivity index (χ2n) is 4.90. The fourth-order valence-electron chi connectivity index (χ4n) is 1.74. The van der Waals surface area contributed by atoms with E-state index in [1.165, 1.54) is 25.1 Å². The molecule has 1 aromatic rings. The van der Waals surface area contributed by atoms with Gasteiger partial charge in [-0.15, -0.1) is 0 Å². The summed E-state index contributed by atoms with van der Waals surface area (Å²) in [6, 6.07) is 4.73. The zero-order valence-corrected chi connectivity index (χ0v) is 12.3. The predicted octanol–water partition coefficient (Wildman–Crippen LogP) is 2.21. The van der Waals surface area contributed by atoms with E-state index in [0.29, 0.717) is 6.42 Å². The quantitative estimate of drug-likeness (QED) is 0.809. The molecule has 116 valence electrons. The van der Waals surface area contributed by atoms with Crippen LogP contribution in [0.1, 0.15) is 27.2 Å². The minimum Gasteiger partial charge on any atom is -0.480 e. The van der Waals surface area contributed by atoms with Crippen LogP contribution >= 0.6 is 0 Å². The molecule has 2 N–H and O–H groups in total. The van der Waals surface area contributed by atoms with Gasteiger partial charge in [-0.3, -0.25) is 4.79 Å². The maximum atomic E-state index is 13.4. The zero-order valence-electron chi connectivity index (χ0n) is 12.3. The number of ether oxygens (including phenoxy) is 1. The molecule has 0 fully saturated rings. The third-order valence-electron chi connectivity index (χ3n) is 3.29. The number of aliphatic carboxylic acids is 1. The Balaban J connectivity index is 2.70. The fraction of sp³-hybridized carbons (Fsp3) is 0.467. The summed E-state index contributed by atoms with van der Waals surface area (Å²) in [6.07, 6.45) is -0.382. The zero-order chi connectivity index (χ0) is 16.0. The lowest BCUT2D eigenvalue weighted by Crippen LogP contribution is -2.49. The molecule has 1 aromatic carbocycles. The van der Waals surface area contributed by atoms with Crippen molar-refractivity contribution in [2.75, 3.05) is 0 Å². The van der Waals surface area contributed by atoms with E-state index in [2.05, 4.69) is 5.32 Å². The molecule has 3 atom stereocenters. The number of carboxylic acid groups (broad SMARTS) is 1. The lowest BCUT2D eigenvalue weighted by atomic mass is 9.99. The number of nitrogens with one attached hydrogen (secondary N) is 1. The average molecular weight is 297 g/mol. The molecular formula is C15H20FNO4. The number of benzene rings is 1. The third kappa shape index (κ3) is 4.73. The number of carbonyl (C=O) groups is 2. The van der Waals surface area contributed by atoms with Gasteiger partial charge >= 0.3 is 5.97 Å². The molecule has 1 amide bonds. The van der Waals surface area contributed by atoms with Gasteiger partial charge in [-0.05, 0) is 25.0 Å². The Hall–Kier alpha value is -2.11. The van der Waals surface area contributed by atoms with Gasteiger partial charge in [-0.25, -0.2) is 9.18 Å². The first-order valence-corrected chi connectivity index (χ1v) is 6.81. The van der Waals surface area contributed by atoms with E-state index in [4.69, 9.17) is 9.84 Å². The molecule has 0 aliphatic heterocycles. The van der Waals surface area contributed by atoms with Gasteiger partial charge in [0.05, 0.1) is 0 Å². The van der Waals surface area contributed by atoms with Crippen LogP contribution in [0.5, 0.6) is 5.75 Å². The molecule has 0 aliphatic rings. The Kier molecular flexibility index (Phi) is 6.14. The molecule has 1 rings (SSSR count). The van der Waals surface area contributed by atoms with Crippen LogP contribution in [-0.2, 0) is 9.59 Å². The summed E-state index contributed by atoms with van der Waals surface area (Å²) in [6.45, 7) is 5.02. The van der Waals surface area contributed by atoms with Crippen molar-refractivity contribution in [1.29, 1.82) is 0 Å². The Morgan fingerprint density at radius 1 is 1.33 bits per heavy atom. The van der Waals surface area contributed by atoms with Crippen molar-refractivity contribution in [3.05, 3.63) is 30.1 Å². The molecule has 0 saturated carbocycles. The van der Waals surface area contributed by atoms with Gasteiger partial charge in [0.2, 0.25) is 0 Å². The summed E-state index contributed by atoms with van der Waals surface area (Å²) >= 11 is 0. The van der Waals surface area contributed by atoms with E-state index >= 15 is 0 Å². The molecule has 0 saturated heterocycles. The number of halogens is 1. The van der Waals surface area contributed by atoms with Gasteiger partial charge in [-0.2, -0.15) is 0 Å². The molecule has 0 heterocycles. The first-order valence-electron chi connectivity index (χ1n) is 6.81. The first kappa shape index (κ1) is 16.9. The Bertz CT molecular complexity index is 506. The molecule has 0 aliphatic carbocycles. The van der Waals surface area contributed by atoms with Gasteiger partial charge in [0, 0.05) is 0 Å². The number of carbonyl (C=O) groups excluding carboxylic acids is 1. The smallest absolute Gasteiger partial charge is 0.326 e. The molecular weight excluding hydrogens is 277 g/mol. The summed E-state index contributed by atoms with van der Waals surface area (Å²) in [5.74, 6) is -2.53. The van der Waals surface area contributed by atoms with Gasteiger partial charge in [0.15, 0.2) is 17.7 Å². The number of hydrogen-bond acceptors (Lipinski definition) is 3. The summed E-state index contributed by atoms with van der Waals surface area (Å²) in [4.78, 5) is 23.1. The maximum absolute atomic E-state index is 13.4. The van der Waals surface area contributed by atoms with E-state index in [0.717, 1.165) is 0 Å². The van der Waals surface area contributed by atoms with Gasteiger partial charge in [-0.1, -0.05) is 32.4 Å². The number of carboxylic acids is 1.